The van der Waals surface area contributed by atoms with E-state index in [1.165, 1.54) is 45.2 Å². The van der Waals surface area contributed by atoms with Crippen molar-refractivity contribution in [1.82, 2.24) is 10.2 Å². The van der Waals surface area contributed by atoms with Crippen molar-refractivity contribution in [3.63, 3.8) is 0 Å². The molecular formula is C13H28N2. The van der Waals surface area contributed by atoms with Crippen molar-refractivity contribution in [2.24, 2.45) is 0 Å². The van der Waals surface area contributed by atoms with Crippen LogP contribution in [0, 0.1) is 0 Å². The Labute approximate surface area is 95.4 Å². The van der Waals surface area contributed by atoms with E-state index in [-0.39, 0.29) is 0 Å². The highest BCUT2D eigenvalue weighted by Crippen LogP contribution is 2.20. The van der Waals surface area contributed by atoms with E-state index in [2.05, 4.69) is 31.0 Å². The van der Waals surface area contributed by atoms with Crippen molar-refractivity contribution in [1.29, 1.82) is 0 Å². The molecule has 1 rings (SSSR count). The first-order valence-electron chi connectivity index (χ1n) is 6.77. The molecule has 1 saturated heterocycles. The minimum Gasteiger partial charge on any atom is -0.313 e. The summed E-state index contributed by atoms with van der Waals surface area (Å²) in [5.74, 6) is 0. The highest BCUT2D eigenvalue weighted by Gasteiger charge is 2.25. The summed E-state index contributed by atoms with van der Waals surface area (Å²) in [5, 5.41) is 3.58. The molecule has 0 aliphatic carbocycles. The fourth-order valence-corrected chi connectivity index (χ4v) is 2.68. The summed E-state index contributed by atoms with van der Waals surface area (Å²) in [6.45, 7) is 10.6. The van der Waals surface area contributed by atoms with Gasteiger partial charge in [-0.25, -0.2) is 0 Å². The highest BCUT2D eigenvalue weighted by molar-refractivity contribution is 4.84. The second kappa shape index (κ2) is 7.24. The van der Waals surface area contributed by atoms with E-state index < -0.39 is 0 Å². The number of hydrogen-bond donors (Lipinski definition) is 1. The van der Waals surface area contributed by atoms with E-state index in [1.807, 2.05) is 0 Å². The quantitative estimate of drug-likeness (QED) is 0.728. The van der Waals surface area contributed by atoms with Crippen molar-refractivity contribution < 1.29 is 0 Å². The molecule has 1 aliphatic heterocycles. The smallest absolute Gasteiger partial charge is 0.0246 e. The fraction of sp³-hybridized carbons (Fsp3) is 1.00. The molecule has 0 bridgehead atoms. The lowest BCUT2D eigenvalue weighted by Gasteiger charge is -2.39. The van der Waals surface area contributed by atoms with Crippen molar-refractivity contribution >= 4 is 0 Å². The summed E-state index contributed by atoms with van der Waals surface area (Å²) in [4.78, 5) is 2.71. The van der Waals surface area contributed by atoms with E-state index in [9.17, 15) is 0 Å². The van der Waals surface area contributed by atoms with Gasteiger partial charge in [-0.1, -0.05) is 26.7 Å². The molecule has 0 radical (unpaired) electrons. The Morgan fingerprint density at radius 2 is 2.13 bits per heavy atom. The van der Waals surface area contributed by atoms with Gasteiger partial charge in [0.1, 0.15) is 0 Å². The first-order chi connectivity index (χ1) is 7.29. The largest absolute Gasteiger partial charge is 0.313 e. The molecule has 1 heterocycles. The number of unbranched alkanes of at least 4 members (excludes halogenated alkanes) is 1. The predicted octanol–water partition coefficient (Wildman–Crippen LogP) is 2.64. The van der Waals surface area contributed by atoms with Gasteiger partial charge in [0.25, 0.3) is 0 Å². The average Bonchev–Trinajstić information content (AvgIpc) is 2.27. The molecule has 2 unspecified atom stereocenters. The van der Waals surface area contributed by atoms with Gasteiger partial charge >= 0.3 is 0 Å². The summed E-state index contributed by atoms with van der Waals surface area (Å²) >= 11 is 0. The van der Waals surface area contributed by atoms with Gasteiger partial charge < -0.3 is 5.32 Å². The topological polar surface area (TPSA) is 15.3 Å². The van der Waals surface area contributed by atoms with Crippen LogP contribution in [0.15, 0.2) is 0 Å². The molecule has 0 aromatic rings. The number of likely N-dealkylation sites (N-methyl/N-ethyl adjacent to an activating group) is 1. The van der Waals surface area contributed by atoms with Gasteiger partial charge in [0.15, 0.2) is 0 Å². The number of nitrogens with one attached hydrogen (secondary N) is 1. The van der Waals surface area contributed by atoms with Crippen LogP contribution in [0.25, 0.3) is 0 Å². The van der Waals surface area contributed by atoms with Gasteiger partial charge in [0.05, 0.1) is 0 Å². The maximum atomic E-state index is 3.58. The van der Waals surface area contributed by atoms with Crippen LogP contribution in [-0.4, -0.2) is 36.6 Å². The van der Waals surface area contributed by atoms with Gasteiger partial charge in [0.2, 0.25) is 0 Å². The second-order valence-electron chi connectivity index (χ2n) is 4.80. The number of nitrogens with zero attached hydrogens (tertiary/aromatic N) is 1. The van der Waals surface area contributed by atoms with Crippen molar-refractivity contribution in [3.8, 4) is 0 Å². The molecule has 2 heteroatoms. The highest BCUT2D eigenvalue weighted by atomic mass is 15.2. The summed E-state index contributed by atoms with van der Waals surface area (Å²) < 4.78 is 0. The third kappa shape index (κ3) is 4.12. The molecule has 15 heavy (non-hydrogen) atoms. The molecule has 0 saturated carbocycles. The van der Waals surface area contributed by atoms with Gasteiger partial charge in [-0.2, -0.15) is 0 Å². The van der Waals surface area contributed by atoms with E-state index in [0.29, 0.717) is 6.04 Å². The van der Waals surface area contributed by atoms with E-state index >= 15 is 0 Å². The molecular weight excluding hydrogens is 184 g/mol. The van der Waals surface area contributed by atoms with E-state index in [0.717, 1.165) is 12.6 Å². The Morgan fingerprint density at radius 3 is 2.80 bits per heavy atom. The minimum atomic E-state index is 0.659. The first-order valence-corrected chi connectivity index (χ1v) is 6.77. The standard InChI is InChI=1S/C13H28N2/c1-4-6-10-15-11-8-7-9-13(15)12(3)14-5-2/h12-14H,4-11H2,1-3H3. The lowest BCUT2D eigenvalue weighted by molar-refractivity contribution is 0.118. The van der Waals surface area contributed by atoms with Crippen LogP contribution in [0.1, 0.15) is 52.9 Å². The zero-order valence-electron chi connectivity index (χ0n) is 10.8. The number of piperidine rings is 1. The summed E-state index contributed by atoms with van der Waals surface area (Å²) in [7, 11) is 0. The lowest BCUT2D eigenvalue weighted by atomic mass is 9.96. The summed E-state index contributed by atoms with van der Waals surface area (Å²) in [5.41, 5.74) is 0. The maximum absolute atomic E-state index is 3.58. The molecule has 1 aliphatic rings. The molecule has 0 amide bonds. The van der Waals surface area contributed by atoms with Crippen LogP contribution in [0.3, 0.4) is 0 Å². The maximum Gasteiger partial charge on any atom is 0.0246 e. The summed E-state index contributed by atoms with van der Waals surface area (Å²) in [6, 6.07) is 1.44. The third-order valence-electron chi connectivity index (χ3n) is 3.57. The van der Waals surface area contributed by atoms with Crippen LogP contribution in [-0.2, 0) is 0 Å². The average molecular weight is 212 g/mol. The predicted molar refractivity (Wildman–Crippen MR) is 67.3 cm³/mol. The molecule has 90 valence electrons. The minimum absolute atomic E-state index is 0.659. The van der Waals surface area contributed by atoms with Gasteiger partial charge in [0, 0.05) is 12.1 Å². The van der Waals surface area contributed by atoms with Gasteiger partial charge in [-0.05, 0) is 45.8 Å². The number of rotatable bonds is 6. The Balaban J connectivity index is 2.41. The van der Waals surface area contributed by atoms with Crippen molar-refractivity contribution in [3.05, 3.63) is 0 Å². The molecule has 1 N–H and O–H groups in total. The van der Waals surface area contributed by atoms with Crippen LogP contribution in [0.2, 0.25) is 0 Å². The monoisotopic (exact) mass is 212 g/mol. The van der Waals surface area contributed by atoms with Gasteiger partial charge in [-0.3, -0.25) is 4.90 Å². The van der Waals surface area contributed by atoms with Crippen molar-refractivity contribution in [2.45, 2.75) is 65.0 Å². The Hall–Kier alpha value is -0.0800. The summed E-state index contributed by atoms with van der Waals surface area (Å²) in [6.07, 6.45) is 6.88. The molecule has 2 atom stereocenters. The van der Waals surface area contributed by atoms with E-state index in [1.54, 1.807) is 0 Å². The second-order valence-corrected chi connectivity index (χ2v) is 4.80. The number of likely N-dealkylation sites (tertiary alicyclic amines) is 1. The van der Waals surface area contributed by atoms with Crippen molar-refractivity contribution in [2.75, 3.05) is 19.6 Å². The van der Waals surface area contributed by atoms with Crippen LogP contribution >= 0.6 is 0 Å². The van der Waals surface area contributed by atoms with Crippen LogP contribution < -0.4 is 5.32 Å². The zero-order chi connectivity index (χ0) is 11.1. The number of hydrogen-bond acceptors (Lipinski definition) is 2. The fourth-order valence-electron chi connectivity index (χ4n) is 2.68. The Morgan fingerprint density at radius 1 is 1.33 bits per heavy atom. The molecule has 0 aromatic carbocycles. The lowest BCUT2D eigenvalue weighted by Crippen LogP contribution is -2.51. The van der Waals surface area contributed by atoms with Crippen LogP contribution in [0.5, 0.6) is 0 Å². The SMILES string of the molecule is CCCCN1CCCCC1C(C)NCC. The third-order valence-corrected chi connectivity index (χ3v) is 3.57. The molecule has 0 aromatic heterocycles. The van der Waals surface area contributed by atoms with E-state index in [4.69, 9.17) is 0 Å². The molecule has 0 spiro atoms. The molecule has 1 fully saturated rings. The normalized spacial score (nSPS) is 25.4. The Kier molecular flexibility index (Phi) is 6.26. The molecule has 2 nitrogen and oxygen atoms in total. The van der Waals surface area contributed by atoms with Gasteiger partial charge in [-0.15, -0.1) is 0 Å². The Bertz CT molecular complexity index is 159. The van der Waals surface area contributed by atoms with Crippen LogP contribution in [0.4, 0.5) is 0 Å². The zero-order valence-corrected chi connectivity index (χ0v) is 10.8. The first kappa shape index (κ1) is 13.0.